The summed E-state index contributed by atoms with van der Waals surface area (Å²) >= 11 is 6.16. The molecule has 0 unspecified atom stereocenters. The van der Waals surface area contributed by atoms with Crippen LogP contribution in [0.2, 0.25) is 5.15 Å². The van der Waals surface area contributed by atoms with E-state index in [0.717, 1.165) is 29.8 Å². The molecule has 0 atom stereocenters. The predicted molar refractivity (Wildman–Crippen MR) is 77.4 cm³/mol. The number of aromatic nitrogens is 1. The molecule has 3 heteroatoms. The SMILES string of the molecule is CC1CCN(c2ccc3ccnc(Cl)c3c2)CC1. The maximum atomic E-state index is 6.16. The largest absolute Gasteiger partial charge is 0.371 e. The Morgan fingerprint density at radius 1 is 1.22 bits per heavy atom. The molecule has 2 aromatic rings. The van der Waals surface area contributed by atoms with Gasteiger partial charge in [0, 0.05) is 30.4 Å². The Morgan fingerprint density at radius 2 is 2.00 bits per heavy atom. The number of piperidine rings is 1. The molecule has 0 N–H and O–H groups in total. The molecule has 18 heavy (non-hydrogen) atoms. The molecule has 0 bridgehead atoms. The van der Waals surface area contributed by atoms with Crippen LogP contribution in [0.1, 0.15) is 19.8 Å². The fraction of sp³-hybridized carbons (Fsp3) is 0.400. The number of nitrogens with zero attached hydrogens (tertiary/aromatic N) is 2. The van der Waals surface area contributed by atoms with Gasteiger partial charge in [0.2, 0.25) is 0 Å². The first kappa shape index (κ1) is 11.8. The van der Waals surface area contributed by atoms with E-state index in [1.807, 2.05) is 6.07 Å². The lowest BCUT2D eigenvalue weighted by Crippen LogP contribution is -2.32. The summed E-state index contributed by atoms with van der Waals surface area (Å²) in [5.41, 5.74) is 1.27. The van der Waals surface area contributed by atoms with Gasteiger partial charge in [0.05, 0.1) is 0 Å². The summed E-state index contributed by atoms with van der Waals surface area (Å²) in [7, 11) is 0. The van der Waals surface area contributed by atoms with E-state index in [9.17, 15) is 0 Å². The molecule has 0 radical (unpaired) electrons. The first-order chi connectivity index (χ1) is 8.74. The lowest BCUT2D eigenvalue weighted by molar-refractivity contribution is 0.438. The van der Waals surface area contributed by atoms with Crippen molar-refractivity contribution in [3.05, 3.63) is 35.6 Å². The van der Waals surface area contributed by atoms with Gasteiger partial charge >= 0.3 is 0 Å². The van der Waals surface area contributed by atoms with Crippen molar-refractivity contribution in [1.82, 2.24) is 4.98 Å². The Labute approximate surface area is 113 Å². The maximum Gasteiger partial charge on any atom is 0.136 e. The van der Waals surface area contributed by atoms with Gasteiger partial charge in [0.25, 0.3) is 0 Å². The second-order valence-corrected chi connectivity index (χ2v) is 5.53. The maximum absolute atomic E-state index is 6.16. The Morgan fingerprint density at radius 3 is 2.78 bits per heavy atom. The van der Waals surface area contributed by atoms with Gasteiger partial charge in [-0.25, -0.2) is 4.98 Å². The number of fused-ring (bicyclic) bond motifs is 1. The molecule has 0 amide bonds. The van der Waals surface area contributed by atoms with Gasteiger partial charge in [-0.3, -0.25) is 0 Å². The van der Waals surface area contributed by atoms with Crippen LogP contribution in [0.25, 0.3) is 10.8 Å². The summed E-state index contributed by atoms with van der Waals surface area (Å²) < 4.78 is 0. The van der Waals surface area contributed by atoms with Crippen LogP contribution in [-0.2, 0) is 0 Å². The van der Waals surface area contributed by atoms with Gasteiger partial charge in [-0.15, -0.1) is 0 Å². The Balaban J connectivity index is 1.95. The number of anilines is 1. The molecule has 1 aromatic heterocycles. The van der Waals surface area contributed by atoms with Crippen LogP contribution in [0.3, 0.4) is 0 Å². The summed E-state index contributed by atoms with van der Waals surface area (Å²) in [4.78, 5) is 6.60. The van der Waals surface area contributed by atoms with Gasteiger partial charge in [-0.05, 0) is 42.3 Å². The van der Waals surface area contributed by atoms with E-state index >= 15 is 0 Å². The number of hydrogen-bond acceptors (Lipinski definition) is 2. The molecule has 94 valence electrons. The summed E-state index contributed by atoms with van der Waals surface area (Å²) in [6.45, 7) is 4.62. The molecule has 0 aliphatic carbocycles. The average Bonchev–Trinajstić information content (AvgIpc) is 2.40. The second kappa shape index (κ2) is 4.77. The van der Waals surface area contributed by atoms with E-state index in [1.165, 1.54) is 18.5 Å². The first-order valence-electron chi connectivity index (χ1n) is 6.53. The standard InChI is InChI=1S/C15H17ClN2/c1-11-5-8-18(9-6-11)13-3-2-12-4-7-17-15(16)14(12)10-13/h2-4,7,10-11H,5-6,8-9H2,1H3. The molecule has 0 spiro atoms. The van der Waals surface area contributed by atoms with E-state index in [0.29, 0.717) is 5.15 Å². The fourth-order valence-electron chi connectivity index (χ4n) is 2.58. The van der Waals surface area contributed by atoms with Crippen molar-refractivity contribution in [3.63, 3.8) is 0 Å². The summed E-state index contributed by atoms with van der Waals surface area (Å²) in [5, 5.41) is 2.80. The van der Waals surface area contributed by atoms with E-state index < -0.39 is 0 Å². The first-order valence-corrected chi connectivity index (χ1v) is 6.91. The molecular formula is C15H17ClN2. The molecule has 1 aliphatic rings. The fourth-order valence-corrected chi connectivity index (χ4v) is 2.80. The molecular weight excluding hydrogens is 244 g/mol. The Hall–Kier alpha value is -1.28. The lowest BCUT2D eigenvalue weighted by Gasteiger charge is -2.32. The summed E-state index contributed by atoms with van der Waals surface area (Å²) in [5.74, 6) is 0.854. The van der Waals surface area contributed by atoms with E-state index in [-0.39, 0.29) is 0 Å². The van der Waals surface area contributed by atoms with Crippen molar-refractivity contribution in [3.8, 4) is 0 Å². The third-order valence-electron chi connectivity index (χ3n) is 3.85. The molecule has 1 aromatic carbocycles. The number of halogens is 1. The smallest absolute Gasteiger partial charge is 0.136 e. The number of benzene rings is 1. The minimum Gasteiger partial charge on any atom is -0.371 e. The van der Waals surface area contributed by atoms with Crippen LogP contribution < -0.4 is 4.90 Å². The Kier molecular flexibility index (Phi) is 3.13. The van der Waals surface area contributed by atoms with E-state index in [1.54, 1.807) is 6.20 Å². The number of pyridine rings is 1. The zero-order valence-electron chi connectivity index (χ0n) is 10.6. The summed E-state index contributed by atoms with van der Waals surface area (Å²) in [6.07, 6.45) is 4.31. The quantitative estimate of drug-likeness (QED) is 0.717. The topological polar surface area (TPSA) is 16.1 Å². The molecule has 1 saturated heterocycles. The van der Waals surface area contributed by atoms with Crippen molar-refractivity contribution < 1.29 is 0 Å². The molecule has 1 aliphatic heterocycles. The lowest BCUT2D eigenvalue weighted by atomic mass is 9.98. The monoisotopic (exact) mass is 260 g/mol. The van der Waals surface area contributed by atoms with Gasteiger partial charge in [-0.2, -0.15) is 0 Å². The zero-order valence-corrected chi connectivity index (χ0v) is 11.3. The van der Waals surface area contributed by atoms with Gasteiger partial charge in [0.1, 0.15) is 5.15 Å². The Bertz CT molecular complexity index is 559. The highest BCUT2D eigenvalue weighted by molar-refractivity contribution is 6.34. The van der Waals surface area contributed by atoms with Crippen molar-refractivity contribution in [2.45, 2.75) is 19.8 Å². The van der Waals surface area contributed by atoms with Crippen molar-refractivity contribution in [2.24, 2.45) is 5.92 Å². The van der Waals surface area contributed by atoms with Crippen LogP contribution in [0.4, 0.5) is 5.69 Å². The van der Waals surface area contributed by atoms with Gasteiger partial charge in [-0.1, -0.05) is 24.6 Å². The van der Waals surface area contributed by atoms with E-state index in [4.69, 9.17) is 11.6 Å². The highest BCUT2D eigenvalue weighted by atomic mass is 35.5. The van der Waals surface area contributed by atoms with E-state index in [2.05, 4.69) is 35.0 Å². The molecule has 2 nitrogen and oxygen atoms in total. The van der Waals surface area contributed by atoms with Crippen LogP contribution in [-0.4, -0.2) is 18.1 Å². The number of hydrogen-bond donors (Lipinski definition) is 0. The van der Waals surface area contributed by atoms with Crippen molar-refractivity contribution >= 4 is 28.1 Å². The predicted octanol–water partition coefficient (Wildman–Crippen LogP) is 4.12. The third-order valence-corrected chi connectivity index (χ3v) is 4.15. The number of rotatable bonds is 1. The average molecular weight is 261 g/mol. The van der Waals surface area contributed by atoms with Crippen LogP contribution in [0.5, 0.6) is 0 Å². The third kappa shape index (κ3) is 2.17. The van der Waals surface area contributed by atoms with Gasteiger partial charge < -0.3 is 4.90 Å². The highest BCUT2D eigenvalue weighted by Crippen LogP contribution is 2.28. The second-order valence-electron chi connectivity index (χ2n) is 5.18. The zero-order chi connectivity index (χ0) is 12.5. The van der Waals surface area contributed by atoms with Crippen LogP contribution in [0.15, 0.2) is 30.5 Å². The van der Waals surface area contributed by atoms with Crippen LogP contribution in [0, 0.1) is 5.92 Å². The van der Waals surface area contributed by atoms with Crippen molar-refractivity contribution in [2.75, 3.05) is 18.0 Å². The highest BCUT2D eigenvalue weighted by Gasteiger charge is 2.16. The normalized spacial score (nSPS) is 17.3. The molecule has 0 saturated carbocycles. The van der Waals surface area contributed by atoms with Crippen LogP contribution >= 0.6 is 11.6 Å². The molecule has 1 fully saturated rings. The van der Waals surface area contributed by atoms with Gasteiger partial charge in [0.15, 0.2) is 0 Å². The summed E-state index contributed by atoms with van der Waals surface area (Å²) in [6, 6.07) is 8.49. The minimum absolute atomic E-state index is 0.597. The minimum atomic E-state index is 0.597. The molecule has 3 rings (SSSR count). The molecule has 2 heterocycles. The van der Waals surface area contributed by atoms with Crippen molar-refractivity contribution in [1.29, 1.82) is 0 Å².